The Bertz CT molecular complexity index is 471. The summed E-state index contributed by atoms with van der Waals surface area (Å²) in [5.74, 6) is 0.471. The maximum absolute atomic E-state index is 11.9. The summed E-state index contributed by atoms with van der Waals surface area (Å²) in [6.07, 6.45) is 1.25. The highest BCUT2D eigenvalue weighted by atomic mass is 16.2. The van der Waals surface area contributed by atoms with E-state index in [1.165, 1.54) is 5.56 Å². The predicted molar refractivity (Wildman–Crippen MR) is 78.2 cm³/mol. The van der Waals surface area contributed by atoms with Gasteiger partial charge in [0, 0.05) is 24.9 Å². The van der Waals surface area contributed by atoms with Crippen LogP contribution in [0.3, 0.4) is 0 Å². The van der Waals surface area contributed by atoms with Crippen molar-refractivity contribution >= 4 is 11.8 Å². The maximum atomic E-state index is 11.9. The van der Waals surface area contributed by atoms with Crippen molar-refractivity contribution in [2.24, 2.45) is 5.92 Å². The van der Waals surface area contributed by atoms with Crippen LogP contribution >= 0.6 is 0 Å². The van der Waals surface area contributed by atoms with Crippen molar-refractivity contribution in [2.45, 2.75) is 38.6 Å². The van der Waals surface area contributed by atoms with Crippen molar-refractivity contribution in [3.05, 3.63) is 35.9 Å². The molecule has 108 valence electrons. The molecule has 4 nitrogen and oxygen atoms in total. The number of hydrogen-bond acceptors (Lipinski definition) is 2. The second-order valence-corrected chi connectivity index (χ2v) is 5.62. The van der Waals surface area contributed by atoms with Crippen LogP contribution in [0.2, 0.25) is 0 Å². The molecule has 2 amide bonds. The van der Waals surface area contributed by atoms with Crippen LogP contribution in [-0.4, -0.2) is 24.4 Å². The number of carbonyl (C=O) groups is 2. The third-order valence-electron chi connectivity index (χ3n) is 3.46. The Hall–Kier alpha value is -1.84. The molecule has 1 aliphatic carbocycles. The van der Waals surface area contributed by atoms with Crippen LogP contribution in [0.5, 0.6) is 0 Å². The fraction of sp³-hybridized carbons (Fsp3) is 0.500. The molecule has 2 rings (SSSR count). The summed E-state index contributed by atoms with van der Waals surface area (Å²) in [6, 6.07) is 10.2. The van der Waals surface area contributed by atoms with E-state index in [0.29, 0.717) is 18.9 Å². The van der Waals surface area contributed by atoms with Gasteiger partial charge in [0.25, 0.3) is 0 Å². The Labute approximate surface area is 119 Å². The Morgan fingerprint density at radius 1 is 1.25 bits per heavy atom. The lowest BCUT2D eigenvalue weighted by Crippen LogP contribution is -2.34. The van der Waals surface area contributed by atoms with Gasteiger partial charge >= 0.3 is 0 Å². The molecule has 0 radical (unpaired) electrons. The van der Waals surface area contributed by atoms with E-state index in [1.807, 2.05) is 32.0 Å². The van der Waals surface area contributed by atoms with Crippen molar-refractivity contribution in [1.82, 2.24) is 10.6 Å². The van der Waals surface area contributed by atoms with E-state index in [4.69, 9.17) is 0 Å². The van der Waals surface area contributed by atoms with E-state index in [0.717, 1.165) is 6.42 Å². The molecule has 0 spiro atoms. The van der Waals surface area contributed by atoms with E-state index < -0.39 is 0 Å². The fourth-order valence-corrected chi connectivity index (χ4v) is 2.38. The van der Waals surface area contributed by atoms with Crippen LogP contribution in [0.25, 0.3) is 0 Å². The first kappa shape index (κ1) is 14.6. The molecule has 1 fully saturated rings. The predicted octanol–water partition coefficient (Wildman–Crippen LogP) is 1.82. The van der Waals surface area contributed by atoms with Crippen LogP contribution in [0.15, 0.2) is 30.3 Å². The summed E-state index contributed by atoms with van der Waals surface area (Å²) in [5, 5.41) is 5.65. The average molecular weight is 274 g/mol. The highest BCUT2D eigenvalue weighted by molar-refractivity contribution is 5.83. The first-order valence-electron chi connectivity index (χ1n) is 7.20. The Kier molecular flexibility index (Phi) is 4.77. The molecule has 4 heteroatoms. The zero-order chi connectivity index (χ0) is 14.5. The van der Waals surface area contributed by atoms with Crippen LogP contribution in [-0.2, 0) is 9.59 Å². The molecule has 0 bridgehead atoms. The first-order chi connectivity index (χ1) is 9.58. The number of hydrogen-bond donors (Lipinski definition) is 2. The number of carbonyl (C=O) groups excluding carboxylic acids is 2. The Morgan fingerprint density at radius 3 is 2.60 bits per heavy atom. The summed E-state index contributed by atoms with van der Waals surface area (Å²) in [4.78, 5) is 23.4. The third kappa shape index (κ3) is 4.08. The van der Waals surface area contributed by atoms with Gasteiger partial charge < -0.3 is 10.6 Å². The summed E-state index contributed by atoms with van der Waals surface area (Å²) in [5.41, 5.74) is 1.23. The van der Waals surface area contributed by atoms with Crippen molar-refractivity contribution in [1.29, 1.82) is 0 Å². The van der Waals surface area contributed by atoms with Gasteiger partial charge in [-0.1, -0.05) is 30.3 Å². The Balaban J connectivity index is 1.69. The first-order valence-corrected chi connectivity index (χ1v) is 7.20. The molecule has 2 atom stereocenters. The molecular weight excluding hydrogens is 252 g/mol. The lowest BCUT2D eigenvalue weighted by molar-refractivity contribution is -0.123. The molecule has 1 aromatic carbocycles. The fourth-order valence-electron chi connectivity index (χ4n) is 2.38. The molecule has 1 saturated carbocycles. The average Bonchev–Trinajstić information content (AvgIpc) is 3.19. The van der Waals surface area contributed by atoms with Gasteiger partial charge in [0.05, 0.1) is 0 Å². The molecule has 0 saturated heterocycles. The summed E-state index contributed by atoms with van der Waals surface area (Å²) in [7, 11) is 0. The summed E-state index contributed by atoms with van der Waals surface area (Å²) >= 11 is 0. The smallest absolute Gasteiger partial charge is 0.223 e. The minimum absolute atomic E-state index is 0.0179. The minimum Gasteiger partial charge on any atom is -0.355 e. The van der Waals surface area contributed by atoms with E-state index in [9.17, 15) is 9.59 Å². The van der Waals surface area contributed by atoms with Crippen LogP contribution < -0.4 is 10.6 Å². The molecule has 1 aromatic rings. The minimum atomic E-state index is -0.0179. The van der Waals surface area contributed by atoms with Gasteiger partial charge in [0.15, 0.2) is 0 Å². The quantitative estimate of drug-likeness (QED) is 0.831. The molecular formula is C16H22N2O2. The van der Waals surface area contributed by atoms with Crippen molar-refractivity contribution in [3.63, 3.8) is 0 Å². The number of amides is 2. The van der Waals surface area contributed by atoms with E-state index >= 15 is 0 Å². The second-order valence-electron chi connectivity index (χ2n) is 5.62. The largest absolute Gasteiger partial charge is 0.355 e. The van der Waals surface area contributed by atoms with Crippen LogP contribution in [0.1, 0.15) is 38.2 Å². The normalized spacial score (nSPS) is 20.6. The molecule has 0 unspecified atom stereocenters. The van der Waals surface area contributed by atoms with Crippen molar-refractivity contribution in [2.75, 3.05) is 6.54 Å². The lowest BCUT2D eigenvalue weighted by Gasteiger charge is -2.09. The van der Waals surface area contributed by atoms with E-state index in [-0.39, 0.29) is 23.8 Å². The van der Waals surface area contributed by atoms with Gasteiger partial charge in [0.1, 0.15) is 0 Å². The van der Waals surface area contributed by atoms with Gasteiger partial charge in [-0.25, -0.2) is 0 Å². The van der Waals surface area contributed by atoms with E-state index in [1.54, 1.807) is 0 Å². The molecule has 0 aliphatic heterocycles. The highest BCUT2D eigenvalue weighted by Crippen LogP contribution is 2.47. The van der Waals surface area contributed by atoms with Gasteiger partial charge in [-0.3, -0.25) is 9.59 Å². The monoisotopic (exact) mass is 274 g/mol. The van der Waals surface area contributed by atoms with Gasteiger partial charge in [-0.05, 0) is 31.7 Å². The highest BCUT2D eigenvalue weighted by Gasteiger charge is 2.43. The van der Waals surface area contributed by atoms with E-state index in [2.05, 4.69) is 22.8 Å². The van der Waals surface area contributed by atoms with Gasteiger partial charge in [-0.2, -0.15) is 0 Å². The Morgan fingerprint density at radius 2 is 1.95 bits per heavy atom. The maximum Gasteiger partial charge on any atom is 0.223 e. The van der Waals surface area contributed by atoms with Gasteiger partial charge in [0.2, 0.25) is 11.8 Å². The molecule has 1 aliphatic rings. The zero-order valence-electron chi connectivity index (χ0n) is 12.1. The van der Waals surface area contributed by atoms with Crippen molar-refractivity contribution in [3.8, 4) is 0 Å². The van der Waals surface area contributed by atoms with Crippen LogP contribution in [0.4, 0.5) is 0 Å². The van der Waals surface area contributed by atoms with Gasteiger partial charge in [-0.15, -0.1) is 0 Å². The third-order valence-corrected chi connectivity index (χ3v) is 3.46. The SMILES string of the molecule is CC(C)NC(=O)CCNC(=O)[C@H]1C[C@@H]1c1ccccc1. The van der Waals surface area contributed by atoms with Crippen molar-refractivity contribution < 1.29 is 9.59 Å². The molecule has 2 N–H and O–H groups in total. The summed E-state index contributed by atoms with van der Waals surface area (Å²) < 4.78 is 0. The van der Waals surface area contributed by atoms with Crippen LogP contribution in [0, 0.1) is 5.92 Å². The topological polar surface area (TPSA) is 58.2 Å². The number of nitrogens with one attached hydrogen (secondary N) is 2. The lowest BCUT2D eigenvalue weighted by atomic mass is 10.1. The zero-order valence-corrected chi connectivity index (χ0v) is 12.1. The molecule has 20 heavy (non-hydrogen) atoms. The summed E-state index contributed by atoms with van der Waals surface area (Å²) in [6.45, 7) is 4.26. The number of rotatable bonds is 6. The standard InChI is InChI=1S/C16H22N2O2/c1-11(2)18-15(19)8-9-17-16(20)14-10-13(14)12-6-4-3-5-7-12/h3-7,11,13-14H,8-10H2,1-2H3,(H,17,20)(H,18,19)/t13-,14+/m1/s1. The molecule has 0 aromatic heterocycles. The molecule has 0 heterocycles. The second kappa shape index (κ2) is 6.55. The number of benzene rings is 1.